The Bertz CT molecular complexity index is 497. The maximum Gasteiger partial charge on any atom is 0.124 e. The van der Waals surface area contributed by atoms with Crippen molar-refractivity contribution >= 4 is 11.6 Å². The van der Waals surface area contributed by atoms with Gasteiger partial charge in [-0.15, -0.1) is 0 Å². The summed E-state index contributed by atoms with van der Waals surface area (Å²) in [5.74, 6) is 0.779. The molecule has 5 heteroatoms. The van der Waals surface area contributed by atoms with Crippen LogP contribution in [0, 0.1) is 0 Å². The molecule has 96 valence electrons. The van der Waals surface area contributed by atoms with Crippen LogP contribution in [0.4, 0.5) is 0 Å². The summed E-state index contributed by atoms with van der Waals surface area (Å²) in [7, 11) is 0. The molecule has 1 unspecified atom stereocenters. The van der Waals surface area contributed by atoms with E-state index >= 15 is 0 Å². The van der Waals surface area contributed by atoms with Gasteiger partial charge in [0.15, 0.2) is 0 Å². The Hall–Kier alpha value is -1.52. The number of halogens is 1. The summed E-state index contributed by atoms with van der Waals surface area (Å²) < 4.78 is 7.55. The Morgan fingerprint density at radius 3 is 3.00 bits per heavy atom. The van der Waals surface area contributed by atoms with Crippen molar-refractivity contribution in [2.45, 2.75) is 19.5 Å². The van der Waals surface area contributed by atoms with Crippen LogP contribution in [0.15, 0.2) is 36.7 Å². The van der Waals surface area contributed by atoms with E-state index in [9.17, 15) is 0 Å². The molecular weight excluding hydrogens is 250 g/mol. The summed E-state index contributed by atoms with van der Waals surface area (Å²) >= 11 is 5.95. The molecule has 0 saturated carbocycles. The number of hydrogen-bond donors (Lipinski definition) is 1. The number of rotatable bonds is 5. The monoisotopic (exact) mass is 265 g/mol. The van der Waals surface area contributed by atoms with Crippen LogP contribution in [0.2, 0.25) is 5.02 Å². The summed E-state index contributed by atoms with van der Waals surface area (Å²) in [6.07, 6.45) is 3.65. The predicted octanol–water partition coefficient (Wildman–Crippen LogP) is 2.64. The molecule has 0 aliphatic heterocycles. The van der Waals surface area contributed by atoms with Gasteiger partial charge in [-0.1, -0.05) is 11.6 Å². The van der Waals surface area contributed by atoms with Crippen molar-refractivity contribution in [1.82, 2.24) is 9.78 Å². The van der Waals surface area contributed by atoms with E-state index in [0.29, 0.717) is 18.2 Å². The molecule has 0 spiro atoms. The van der Waals surface area contributed by atoms with E-state index in [1.807, 2.05) is 36.0 Å². The van der Waals surface area contributed by atoms with Gasteiger partial charge in [0.1, 0.15) is 12.4 Å². The molecule has 0 saturated heterocycles. The maximum absolute atomic E-state index is 5.95. The molecule has 1 aromatic heterocycles. The van der Waals surface area contributed by atoms with Crippen molar-refractivity contribution in [1.29, 1.82) is 0 Å². The average Bonchev–Trinajstić information content (AvgIpc) is 2.84. The van der Waals surface area contributed by atoms with Crippen molar-refractivity contribution in [2.75, 3.05) is 6.61 Å². The molecule has 1 aromatic carbocycles. The van der Waals surface area contributed by atoms with Crippen LogP contribution < -0.4 is 10.5 Å². The van der Waals surface area contributed by atoms with Gasteiger partial charge in [-0.25, -0.2) is 0 Å². The van der Waals surface area contributed by atoms with Gasteiger partial charge in [0.2, 0.25) is 0 Å². The second kappa shape index (κ2) is 5.89. The third kappa shape index (κ3) is 3.24. The van der Waals surface area contributed by atoms with Gasteiger partial charge in [-0.05, 0) is 31.2 Å². The normalized spacial score (nSPS) is 12.4. The lowest BCUT2D eigenvalue weighted by Gasteiger charge is -2.14. The van der Waals surface area contributed by atoms with Crippen LogP contribution in [-0.4, -0.2) is 16.4 Å². The van der Waals surface area contributed by atoms with E-state index in [0.717, 1.165) is 11.3 Å². The Balaban J connectivity index is 2.00. The van der Waals surface area contributed by atoms with E-state index in [-0.39, 0.29) is 6.04 Å². The molecule has 0 radical (unpaired) electrons. The quantitative estimate of drug-likeness (QED) is 0.904. The van der Waals surface area contributed by atoms with Gasteiger partial charge in [0, 0.05) is 29.0 Å². The first-order valence-electron chi connectivity index (χ1n) is 5.82. The van der Waals surface area contributed by atoms with E-state index < -0.39 is 0 Å². The number of ether oxygens (including phenoxy) is 1. The molecular formula is C13H16ClN3O. The fourth-order valence-corrected chi connectivity index (χ4v) is 1.87. The standard InChI is InChI=1S/C13H16ClN3O/c1-10(15)12-9-11(14)3-4-13(12)18-8-7-17-6-2-5-16-17/h2-6,9-10H,7-8,15H2,1H3. The first-order valence-corrected chi connectivity index (χ1v) is 6.20. The topological polar surface area (TPSA) is 53.1 Å². The van der Waals surface area contributed by atoms with Crippen LogP contribution in [0.25, 0.3) is 0 Å². The molecule has 1 heterocycles. The fourth-order valence-electron chi connectivity index (χ4n) is 1.69. The van der Waals surface area contributed by atoms with Crippen LogP contribution >= 0.6 is 11.6 Å². The van der Waals surface area contributed by atoms with Crippen molar-refractivity contribution in [3.05, 3.63) is 47.2 Å². The number of nitrogens with zero attached hydrogens (tertiary/aromatic N) is 2. The second-order valence-corrected chi connectivity index (χ2v) is 4.52. The number of aromatic nitrogens is 2. The van der Waals surface area contributed by atoms with Gasteiger partial charge < -0.3 is 10.5 Å². The van der Waals surface area contributed by atoms with Crippen LogP contribution in [-0.2, 0) is 6.54 Å². The van der Waals surface area contributed by atoms with Crippen molar-refractivity contribution < 1.29 is 4.74 Å². The Kier molecular flexibility index (Phi) is 4.23. The highest BCUT2D eigenvalue weighted by atomic mass is 35.5. The van der Waals surface area contributed by atoms with Gasteiger partial charge in [0.25, 0.3) is 0 Å². The van der Waals surface area contributed by atoms with Gasteiger partial charge in [-0.2, -0.15) is 5.10 Å². The van der Waals surface area contributed by atoms with E-state index in [2.05, 4.69) is 5.10 Å². The largest absolute Gasteiger partial charge is 0.491 e. The zero-order valence-corrected chi connectivity index (χ0v) is 11.0. The van der Waals surface area contributed by atoms with Gasteiger partial charge >= 0.3 is 0 Å². The molecule has 0 fully saturated rings. The molecule has 0 bridgehead atoms. The lowest BCUT2D eigenvalue weighted by Crippen LogP contribution is -2.12. The van der Waals surface area contributed by atoms with Crippen LogP contribution in [0.1, 0.15) is 18.5 Å². The number of benzene rings is 1. The maximum atomic E-state index is 5.95. The number of nitrogens with two attached hydrogens (primary N) is 1. The predicted molar refractivity (Wildman–Crippen MR) is 71.8 cm³/mol. The van der Waals surface area contributed by atoms with E-state index in [1.165, 1.54) is 0 Å². The average molecular weight is 266 g/mol. The van der Waals surface area contributed by atoms with Gasteiger partial charge in [-0.3, -0.25) is 4.68 Å². The summed E-state index contributed by atoms with van der Waals surface area (Å²) in [6, 6.07) is 7.27. The van der Waals surface area contributed by atoms with E-state index in [4.69, 9.17) is 22.1 Å². The zero-order valence-electron chi connectivity index (χ0n) is 10.2. The highest BCUT2D eigenvalue weighted by Crippen LogP contribution is 2.27. The second-order valence-electron chi connectivity index (χ2n) is 4.09. The van der Waals surface area contributed by atoms with Crippen molar-refractivity contribution in [3.8, 4) is 5.75 Å². The summed E-state index contributed by atoms with van der Waals surface area (Å²) in [5.41, 5.74) is 6.81. The summed E-state index contributed by atoms with van der Waals surface area (Å²) in [4.78, 5) is 0. The van der Waals surface area contributed by atoms with Crippen molar-refractivity contribution in [3.63, 3.8) is 0 Å². The fraction of sp³-hybridized carbons (Fsp3) is 0.308. The first kappa shape index (κ1) is 12.9. The third-order valence-electron chi connectivity index (χ3n) is 2.60. The smallest absolute Gasteiger partial charge is 0.124 e. The molecule has 0 aliphatic carbocycles. The Morgan fingerprint density at radius 1 is 1.50 bits per heavy atom. The van der Waals surface area contributed by atoms with Gasteiger partial charge in [0.05, 0.1) is 6.54 Å². The molecule has 0 amide bonds. The molecule has 2 aromatic rings. The zero-order chi connectivity index (χ0) is 13.0. The first-order chi connectivity index (χ1) is 8.66. The summed E-state index contributed by atoms with van der Waals surface area (Å²) in [6.45, 7) is 3.16. The minimum Gasteiger partial charge on any atom is -0.491 e. The number of hydrogen-bond acceptors (Lipinski definition) is 3. The van der Waals surface area contributed by atoms with Crippen LogP contribution in [0.3, 0.4) is 0 Å². The molecule has 0 aliphatic rings. The Morgan fingerprint density at radius 2 is 2.33 bits per heavy atom. The van der Waals surface area contributed by atoms with Crippen molar-refractivity contribution in [2.24, 2.45) is 5.73 Å². The highest BCUT2D eigenvalue weighted by Gasteiger charge is 2.08. The van der Waals surface area contributed by atoms with Crippen LogP contribution in [0.5, 0.6) is 5.75 Å². The lowest BCUT2D eigenvalue weighted by molar-refractivity contribution is 0.287. The summed E-state index contributed by atoms with van der Waals surface area (Å²) in [5, 5.41) is 4.78. The minimum atomic E-state index is -0.108. The molecule has 1 atom stereocenters. The lowest BCUT2D eigenvalue weighted by atomic mass is 10.1. The Labute approximate surface area is 111 Å². The third-order valence-corrected chi connectivity index (χ3v) is 2.83. The molecule has 2 rings (SSSR count). The minimum absolute atomic E-state index is 0.108. The van der Waals surface area contributed by atoms with E-state index in [1.54, 1.807) is 12.3 Å². The molecule has 4 nitrogen and oxygen atoms in total. The molecule has 18 heavy (non-hydrogen) atoms. The SMILES string of the molecule is CC(N)c1cc(Cl)ccc1OCCn1cccn1. The highest BCUT2D eigenvalue weighted by molar-refractivity contribution is 6.30. The molecule has 2 N–H and O–H groups in total.